The minimum Gasteiger partial charge on any atom is -0.489 e. The standard InChI is InChI=1S/C18H27NO2/c1-12(2)21-15-8-14(10-19-11-15)18(20)16(3,4)13-6-7-17(18,5)9-13/h8,10-13,20H,6-7,9H2,1-5H3. The Hall–Kier alpha value is -1.09. The molecule has 2 aliphatic carbocycles. The van der Waals surface area contributed by atoms with E-state index >= 15 is 0 Å². The monoisotopic (exact) mass is 289 g/mol. The van der Waals surface area contributed by atoms with Crippen molar-refractivity contribution in [1.82, 2.24) is 4.98 Å². The Balaban J connectivity index is 2.06. The Labute approximate surface area is 127 Å². The third-order valence-electron chi connectivity index (χ3n) is 6.07. The zero-order valence-electron chi connectivity index (χ0n) is 13.8. The molecule has 1 N–H and O–H groups in total. The van der Waals surface area contributed by atoms with E-state index in [4.69, 9.17) is 4.74 Å². The summed E-state index contributed by atoms with van der Waals surface area (Å²) >= 11 is 0. The zero-order chi connectivity index (χ0) is 15.5. The highest BCUT2D eigenvalue weighted by Crippen LogP contribution is 2.71. The fourth-order valence-electron chi connectivity index (χ4n) is 4.93. The van der Waals surface area contributed by atoms with Crippen molar-refractivity contribution in [2.45, 2.75) is 65.6 Å². The first kappa shape index (κ1) is 14.8. The van der Waals surface area contributed by atoms with Crippen LogP contribution in [0.5, 0.6) is 5.75 Å². The number of nitrogens with zero attached hydrogens (tertiary/aromatic N) is 1. The highest BCUT2D eigenvalue weighted by Gasteiger charge is 2.69. The van der Waals surface area contributed by atoms with E-state index in [0.717, 1.165) is 24.2 Å². The van der Waals surface area contributed by atoms with Crippen LogP contribution in [0.1, 0.15) is 59.4 Å². The van der Waals surface area contributed by atoms with Crippen molar-refractivity contribution in [3.63, 3.8) is 0 Å². The van der Waals surface area contributed by atoms with Crippen LogP contribution in [-0.4, -0.2) is 16.2 Å². The number of ether oxygens (including phenoxy) is 1. The van der Waals surface area contributed by atoms with Gasteiger partial charge in [0, 0.05) is 22.6 Å². The molecule has 0 radical (unpaired) electrons. The molecule has 3 rings (SSSR count). The third kappa shape index (κ3) is 1.86. The van der Waals surface area contributed by atoms with Crippen LogP contribution in [0.4, 0.5) is 0 Å². The van der Waals surface area contributed by atoms with Gasteiger partial charge in [-0.05, 0) is 45.1 Å². The van der Waals surface area contributed by atoms with E-state index in [0.29, 0.717) is 5.92 Å². The molecule has 3 atom stereocenters. The third-order valence-corrected chi connectivity index (χ3v) is 6.07. The second-order valence-electron chi connectivity index (χ2n) is 8.01. The summed E-state index contributed by atoms with van der Waals surface area (Å²) in [6, 6.07) is 1.99. The van der Waals surface area contributed by atoms with Crippen molar-refractivity contribution in [2.24, 2.45) is 16.7 Å². The van der Waals surface area contributed by atoms with Crippen LogP contribution in [-0.2, 0) is 5.60 Å². The Morgan fingerprint density at radius 2 is 2.00 bits per heavy atom. The average Bonchev–Trinajstić information content (AvgIpc) is 2.86. The first-order valence-corrected chi connectivity index (χ1v) is 8.05. The smallest absolute Gasteiger partial charge is 0.138 e. The second-order valence-corrected chi connectivity index (χ2v) is 8.01. The Bertz CT molecular complexity index is 547. The van der Waals surface area contributed by atoms with Crippen molar-refractivity contribution in [3.05, 3.63) is 24.0 Å². The summed E-state index contributed by atoms with van der Waals surface area (Å²) in [6.45, 7) is 10.7. The molecule has 21 heavy (non-hydrogen) atoms. The molecular formula is C18H27NO2. The highest BCUT2D eigenvalue weighted by molar-refractivity contribution is 5.35. The van der Waals surface area contributed by atoms with E-state index in [1.165, 1.54) is 6.42 Å². The Morgan fingerprint density at radius 1 is 1.29 bits per heavy atom. The first-order chi connectivity index (χ1) is 9.71. The molecule has 0 aliphatic heterocycles. The Kier molecular flexibility index (Phi) is 3.14. The molecule has 1 heterocycles. The molecule has 3 nitrogen and oxygen atoms in total. The van der Waals surface area contributed by atoms with E-state index in [-0.39, 0.29) is 16.9 Å². The quantitative estimate of drug-likeness (QED) is 0.917. The normalized spacial score (nSPS) is 37.2. The molecule has 2 aliphatic rings. The lowest BCUT2D eigenvalue weighted by Crippen LogP contribution is -2.51. The fourth-order valence-corrected chi connectivity index (χ4v) is 4.93. The molecular weight excluding hydrogens is 262 g/mol. The summed E-state index contributed by atoms with van der Waals surface area (Å²) < 4.78 is 5.77. The van der Waals surface area contributed by atoms with Crippen molar-refractivity contribution in [1.29, 1.82) is 0 Å². The van der Waals surface area contributed by atoms with E-state index < -0.39 is 5.60 Å². The summed E-state index contributed by atoms with van der Waals surface area (Å²) in [5, 5.41) is 11.7. The lowest BCUT2D eigenvalue weighted by molar-refractivity contribution is -0.151. The minimum absolute atomic E-state index is 0.0562. The summed E-state index contributed by atoms with van der Waals surface area (Å²) in [7, 11) is 0. The first-order valence-electron chi connectivity index (χ1n) is 8.05. The van der Waals surface area contributed by atoms with Gasteiger partial charge in [0.2, 0.25) is 0 Å². The average molecular weight is 289 g/mol. The molecule has 0 spiro atoms. The van der Waals surface area contributed by atoms with Gasteiger partial charge in [0.05, 0.1) is 12.3 Å². The maximum atomic E-state index is 11.7. The number of aliphatic hydroxyl groups is 1. The molecule has 116 valence electrons. The van der Waals surface area contributed by atoms with Gasteiger partial charge in [0.1, 0.15) is 11.4 Å². The lowest BCUT2D eigenvalue weighted by Gasteiger charge is -2.50. The number of fused-ring (bicyclic) bond motifs is 2. The molecule has 0 saturated heterocycles. The summed E-state index contributed by atoms with van der Waals surface area (Å²) in [5.74, 6) is 1.33. The van der Waals surface area contributed by atoms with Crippen LogP contribution < -0.4 is 4.74 Å². The maximum absolute atomic E-state index is 11.7. The minimum atomic E-state index is -0.827. The number of hydrogen-bond donors (Lipinski definition) is 1. The van der Waals surface area contributed by atoms with Crippen LogP contribution in [0, 0.1) is 16.7 Å². The topological polar surface area (TPSA) is 42.4 Å². The van der Waals surface area contributed by atoms with Gasteiger partial charge in [-0.1, -0.05) is 20.8 Å². The van der Waals surface area contributed by atoms with Crippen LogP contribution in [0.25, 0.3) is 0 Å². The van der Waals surface area contributed by atoms with Gasteiger partial charge in [-0.3, -0.25) is 4.98 Å². The van der Waals surface area contributed by atoms with Gasteiger partial charge < -0.3 is 9.84 Å². The second kappa shape index (κ2) is 4.45. The van der Waals surface area contributed by atoms with Gasteiger partial charge in [-0.25, -0.2) is 0 Å². The van der Waals surface area contributed by atoms with Crippen molar-refractivity contribution in [2.75, 3.05) is 0 Å². The van der Waals surface area contributed by atoms with E-state index in [1.807, 2.05) is 26.1 Å². The van der Waals surface area contributed by atoms with Gasteiger partial charge in [-0.2, -0.15) is 0 Å². The van der Waals surface area contributed by atoms with Crippen LogP contribution in [0.2, 0.25) is 0 Å². The summed E-state index contributed by atoms with van der Waals surface area (Å²) in [6.07, 6.45) is 7.08. The molecule has 0 amide bonds. The molecule has 3 heteroatoms. The lowest BCUT2D eigenvalue weighted by atomic mass is 9.58. The fraction of sp³-hybridized carbons (Fsp3) is 0.722. The number of aromatic nitrogens is 1. The molecule has 2 fully saturated rings. The van der Waals surface area contributed by atoms with Crippen molar-refractivity contribution >= 4 is 0 Å². The van der Waals surface area contributed by atoms with Crippen LogP contribution in [0.3, 0.4) is 0 Å². The largest absolute Gasteiger partial charge is 0.489 e. The molecule has 1 aromatic rings. The number of pyridine rings is 1. The summed E-state index contributed by atoms with van der Waals surface area (Å²) in [4.78, 5) is 4.32. The van der Waals surface area contributed by atoms with Gasteiger partial charge >= 0.3 is 0 Å². The van der Waals surface area contributed by atoms with Gasteiger partial charge in [0.15, 0.2) is 0 Å². The maximum Gasteiger partial charge on any atom is 0.138 e. The van der Waals surface area contributed by atoms with Gasteiger partial charge in [0.25, 0.3) is 0 Å². The molecule has 0 aromatic carbocycles. The van der Waals surface area contributed by atoms with Crippen molar-refractivity contribution < 1.29 is 9.84 Å². The summed E-state index contributed by atoms with van der Waals surface area (Å²) in [5.41, 5.74) is -0.0979. The van der Waals surface area contributed by atoms with Crippen LogP contribution >= 0.6 is 0 Å². The number of hydrogen-bond acceptors (Lipinski definition) is 3. The Morgan fingerprint density at radius 3 is 2.57 bits per heavy atom. The molecule has 2 bridgehead atoms. The van der Waals surface area contributed by atoms with E-state index in [9.17, 15) is 5.11 Å². The zero-order valence-corrected chi connectivity index (χ0v) is 13.8. The highest BCUT2D eigenvalue weighted by atomic mass is 16.5. The predicted octanol–water partition coefficient (Wildman–Crippen LogP) is 3.90. The van der Waals surface area contributed by atoms with Crippen molar-refractivity contribution in [3.8, 4) is 5.75 Å². The van der Waals surface area contributed by atoms with E-state index in [1.54, 1.807) is 6.20 Å². The predicted molar refractivity (Wildman–Crippen MR) is 83.1 cm³/mol. The van der Waals surface area contributed by atoms with Crippen LogP contribution in [0.15, 0.2) is 18.5 Å². The number of rotatable bonds is 3. The van der Waals surface area contributed by atoms with Gasteiger partial charge in [-0.15, -0.1) is 0 Å². The van der Waals surface area contributed by atoms with E-state index in [2.05, 4.69) is 25.8 Å². The molecule has 1 aromatic heterocycles. The molecule has 2 saturated carbocycles. The SMILES string of the molecule is CC(C)Oc1cncc(C2(O)C3(C)CCC(C3)C2(C)C)c1. The molecule has 3 unspecified atom stereocenters.